The van der Waals surface area contributed by atoms with Crippen LogP contribution in [-0.4, -0.2) is 27.9 Å². The number of aromatic nitrogens is 3. The first kappa shape index (κ1) is 10.6. The second-order valence-corrected chi connectivity index (χ2v) is 3.45. The Balaban J connectivity index is 2.22. The molecule has 5 nitrogen and oxygen atoms in total. The van der Waals surface area contributed by atoms with Gasteiger partial charge in [0.05, 0.1) is 6.20 Å². The Labute approximate surface area is 93.9 Å². The lowest BCUT2D eigenvalue weighted by Crippen LogP contribution is -2.10. The van der Waals surface area contributed by atoms with Crippen molar-refractivity contribution in [1.82, 2.24) is 14.8 Å². The van der Waals surface area contributed by atoms with Gasteiger partial charge in [0.15, 0.2) is 5.82 Å². The molecule has 2 aromatic heterocycles. The monoisotopic (exact) mass is 218 g/mol. The average molecular weight is 218 g/mol. The molecule has 2 aromatic rings. The minimum Gasteiger partial charge on any atom is -0.492 e. The fraction of sp³-hybridized carbons (Fsp3) is 0.273. The van der Waals surface area contributed by atoms with Crippen LogP contribution in [0.2, 0.25) is 0 Å². The van der Waals surface area contributed by atoms with E-state index in [0.717, 1.165) is 17.1 Å². The second-order valence-electron chi connectivity index (χ2n) is 3.45. The highest BCUT2D eigenvalue weighted by Crippen LogP contribution is 2.13. The first-order valence-electron chi connectivity index (χ1n) is 5.10. The van der Waals surface area contributed by atoms with Gasteiger partial charge in [-0.25, -0.2) is 9.67 Å². The Morgan fingerprint density at radius 2 is 2.38 bits per heavy atom. The van der Waals surface area contributed by atoms with Crippen LogP contribution in [0.1, 0.15) is 5.56 Å². The Kier molecular flexibility index (Phi) is 3.16. The molecule has 0 aromatic carbocycles. The van der Waals surface area contributed by atoms with Gasteiger partial charge < -0.3 is 10.5 Å². The first-order valence-corrected chi connectivity index (χ1v) is 5.10. The third-order valence-corrected chi connectivity index (χ3v) is 2.05. The van der Waals surface area contributed by atoms with Gasteiger partial charge in [0.2, 0.25) is 0 Å². The molecule has 2 heterocycles. The summed E-state index contributed by atoms with van der Waals surface area (Å²) >= 11 is 0. The molecule has 2 rings (SSSR count). The summed E-state index contributed by atoms with van der Waals surface area (Å²) in [7, 11) is 0. The maximum atomic E-state index is 5.42. The number of hydrogen-bond donors (Lipinski definition) is 1. The number of hydrogen-bond acceptors (Lipinski definition) is 4. The first-order chi connectivity index (χ1) is 7.79. The average Bonchev–Trinajstić information content (AvgIpc) is 2.74. The standard InChI is InChI=1S/C11H14N4O/c1-9-7-14-15(8-9)11-6-10(2-4-13-11)16-5-3-12/h2,4,6-8H,3,5,12H2,1H3. The van der Waals surface area contributed by atoms with Crippen LogP contribution in [0, 0.1) is 6.92 Å². The van der Waals surface area contributed by atoms with Crippen molar-refractivity contribution in [3.05, 3.63) is 36.3 Å². The number of rotatable bonds is 4. The van der Waals surface area contributed by atoms with Crippen LogP contribution < -0.4 is 10.5 Å². The number of nitrogens with two attached hydrogens (primary N) is 1. The molecule has 2 N–H and O–H groups in total. The van der Waals surface area contributed by atoms with Crippen molar-refractivity contribution in [3.8, 4) is 11.6 Å². The van der Waals surface area contributed by atoms with Crippen LogP contribution >= 0.6 is 0 Å². The molecule has 0 spiro atoms. The predicted octanol–water partition coefficient (Wildman–Crippen LogP) is 0.913. The van der Waals surface area contributed by atoms with Crippen LogP contribution in [0.3, 0.4) is 0 Å². The largest absolute Gasteiger partial charge is 0.492 e. The van der Waals surface area contributed by atoms with E-state index < -0.39 is 0 Å². The zero-order valence-corrected chi connectivity index (χ0v) is 9.13. The van der Waals surface area contributed by atoms with Gasteiger partial charge in [-0.3, -0.25) is 0 Å². The van der Waals surface area contributed by atoms with E-state index in [2.05, 4.69) is 10.1 Å². The summed E-state index contributed by atoms with van der Waals surface area (Å²) < 4.78 is 7.13. The third-order valence-electron chi connectivity index (χ3n) is 2.05. The summed E-state index contributed by atoms with van der Waals surface area (Å²) in [6.45, 7) is 2.98. The maximum Gasteiger partial charge on any atom is 0.156 e. The van der Waals surface area contributed by atoms with Crippen molar-refractivity contribution >= 4 is 0 Å². The highest BCUT2D eigenvalue weighted by Gasteiger charge is 2.01. The van der Waals surface area contributed by atoms with E-state index in [1.54, 1.807) is 23.1 Å². The zero-order valence-electron chi connectivity index (χ0n) is 9.13. The van der Waals surface area contributed by atoms with Gasteiger partial charge in [0, 0.05) is 25.0 Å². The lowest BCUT2D eigenvalue weighted by atomic mass is 10.4. The Morgan fingerprint density at radius 1 is 1.50 bits per heavy atom. The van der Waals surface area contributed by atoms with E-state index in [4.69, 9.17) is 10.5 Å². The fourth-order valence-corrected chi connectivity index (χ4v) is 1.33. The maximum absolute atomic E-state index is 5.42. The molecule has 0 unspecified atom stereocenters. The van der Waals surface area contributed by atoms with Crippen molar-refractivity contribution in [3.63, 3.8) is 0 Å². The van der Waals surface area contributed by atoms with Gasteiger partial charge >= 0.3 is 0 Å². The molecular weight excluding hydrogens is 204 g/mol. The molecule has 0 aliphatic carbocycles. The van der Waals surface area contributed by atoms with Crippen molar-refractivity contribution in [2.45, 2.75) is 6.92 Å². The summed E-state index contributed by atoms with van der Waals surface area (Å²) in [5.41, 5.74) is 6.46. The van der Waals surface area contributed by atoms with E-state index in [0.29, 0.717) is 13.2 Å². The normalized spacial score (nSPS) is 10.4. The minimum atomic E-state index is 0.499. The van der Waals surface area contributed by atoms with Crippen molar-refractivity contribution in [1.29, 1.82) is 0 Å². The molecule has 0 fully saturated rings. The second kappa shape index (κ2) is 4.76. The quantitative estimate of drug-likeness (QED) is 0.828. The summed E-state index contributed by atoms with van der Waals surface area (Å²) in [5, 5.41) is 4.18. The lowest BCUT2D eigenvalue weighted by Gasteiger charge is -2.05. The molecule has 0 aliphatic heterocycles. The van der Waals surface area contributed by atoms with Crippen molar-refractivity contribution in [2.75, 3.05) is 13.2 Å². The molecule has 0 aliphatic rings. The molecular formula is C11H14N4O. The molecule has 0 bridgehead atoms. The zero-order chi connectivity index (χ0) is 11.4. The molecule has 84 valence electrons. The van der Waals surface area contributed by atoms with E-state index in [9.17, 15) is 0 Å². The molecule has 0 saturated carbocycles. The van der Waals surface area contributed by atoms with Gasteiger partial charge in [-0.1, -0.05) is 0 Å². The summed E-state index contributed by atoms with van der Waals surface area (Å²) in [5.74, 6) is 1.49. The number of aryl methyl sites for hydroxylation is 1. The van der Waals surface area contributed by atoms with Crippen molar-refractivity contribution in [2.24, 2.45) is 5.73 Å². The van der Waals surface area contributed by atoms with Crippen LogP contribution in [0.5, 0.6) is 5.75 Å². The number of pyridine rings is 1. The minimum absolute atomic E-state index is 0.499. The molecule has 0 amide bonds. The molecule has 0 saturated heterocycles. The third kappa shape index (κ3) is 2.38. The molecule has 0 radical (unpaired) electrons. The van der Waals surface area contributed by atoms with Gasteiger partial charge in [0.1, 0.15) is 12.4 Å². The fourth-order valence-electron chi connectivity index (χ4n) is 1.33. The Hall–Kier alpha value is -1.88. The lowest BCUT2D eigenvalue weighted by molar-refractivity contribution is 0.328. The van der Waals surface area contributed by atoms with E-state index in [1.165, 1.54) is 0 Å². The topological polar surface area (TPSA) is 66.0 Å². The summed E-state index contributed by atoms with van der Waals surface area (Å²) in [4.78, 5) is 4.22. The highest BCUT2D eigenvalue weighted by atomic mass is 16.5. The Bertz CT molecular complexity index is 467. The van der Waals surface area contributed by atoms with E-state index in [1.807, 2.05) is 19.2 Å². The smallest absolute Gasteiger partial charge is 0.156 e. The number of ether oxygens (including phenoxy) is 1. The predicted molar refractivity (Wildman–Crippen MR) is 60.6 cm³/mol. The Morgan fingerprint density at radius 3 is 3.06 bits per heavy atom. The number of nitrogens with zero attached hydrogens (tertiary/aromatic N) is 3. The van der Waals surface area contributed by atoms with Gasteiger partial charge in [-0.15, -0.1) is 0 Å². The van der Waals surface area contributed by atoms with Crippen LogP contribution in [0.4, 0.5) is 0 Å². The molecule has 5 heteroatoms. The van der Waals surface area contributed by atoms with Gasteiger partial charge in [-0.05, 0) is 18.6 Å². The molecule has 0 atom stereocenters. The van der Waals surface area contributed by atoms with Crippen LogP contribution in [-0.2, 0) is 0 Å². The van der Waals surface area contributed by atoms with Gasteiger partial charge in [0.25, 0.3) is 0 Å². The summed E-state index contributed by atoms with van der Waals surface area (Å²) in [6.07, 6.45) is 5.39. The van der Waals surface area contributed by atoms with Crippen LogP contribution in [0.15, 0.2) is 30.7 Å². The molecule has 16 heavy (non-hydrogen) atoms. The SMILES string of the molecule is Cc1cnn(-c2cc(OCCN)ccn2)c1. The van der Waals surface area contributed by atoms with E-state index >= 15 is 0 Å². The van der Waals surface area contributed by atoms with E-state index in [-0.39, 0.29) is 0 Å². The van der Waals surface area contributed by atoms with Gasteiger partial charge in [-0.2, -0.15) is 5.10 Å². The van der Waals surface area contributed by atoms with Crippen LogP contribution in [0.25, 0.3) is 5.82 Å². The van der Waals surface area contributed by atoms with Crippen molar-refractivity contribution < 1.29 is 4.74 Å². The summed E-state index contributed by atoms with van der Waals surface area (Å²) in [6, 6.07) is 3.64. The highest BCUT2D eigenvalue weighted by molar-refractivity contribution is 5.31.